The Morgan fingerprint density at radius 3 is 1.97 bits per heavy atom. The first-order chi connectivity index (χ1) is 16.0. The number of carboxylic acids is 1. The molecule has 188 valence electrons. The molecule has 4 unspecified atom stereocenters. The van der Waals surface area contributed by atoms with Crippen molar-refractivity contribution in [1.29, 1.82) is 0 Å². The summed E-state index contributed by atoms with van der Waals surface area (Å²) in [7, 11) is 0. The highest BCUT2D eigenvalue weighted by atomic mass is 16.4. The van der Waals surface area contributed by atoms with E-state index in [1.165, 1.54) is 6.92 Å². The first kappa shape index (κ1) is 28.5. The van der Waals surface area contributed by atoms with Gasteiger partial charge in [0, 0.05) is 6.42 Å². The lowest BCUT2D eigenvalue weighted by Crippen LogP contribution is -2.57. The van der Waals surface area contributed by atoms with Gasteiger partial charge in [-0.05, 0) is 38.3 Å². The van der Waals surface area contributed by atoms with Gasteiger partial charge in [0.05, 0.1) is 12.5 Å². The molecular weight excluding hydrogens is 444 g/mol. The number of benzene rings is 1. The minimum atomic E-state index is -1.54. The highest BCUT2D eigenvalue weighted by molar-refractivity contribution is 5.94. The van der Waals surface area contributed by atoms with Gasteiger partial charge >= 0.3 is 5.97 Å². The number of hydrogen-bond acceptors (Lipinski definition) is 7. The van der Waals surface area contributed by atoms with Crippen molar-refractivity contribution in [2.24, 2.45) is 17.2 Å². The Balaban J connectivity index is 3.05. The van der Waals surface area contributed by atoms with Crippen molar-refractivity contribution < 1.29 is 29.1 Å². The molecule has 0 fully saturated rings. The zero-order valence-electron chi connectivity index (χ0n) is 19.2. The van der Waals surface area contributed by atoms with Crippen LogP contribution in [-0.4, -0.2) is 65.4 Å². The predicted octanol–water partition coefficient (Wildman–Crippen LogP) is -1.88. The lowest BCUT2D eigenvalue weighted by molar-refractivity contribution is -0.143. The second-order valence-corrected chi connectivity index (χ2v) is 7.96. The molecule has 12 heteroatoms. The molecule has 0 bridgehead atoms. The molecule has 0 heterocycles. The van der Waals surface area contributed by atoms with Crippen molar-refractivity contribution >= 4 is 29.6 Å². The molecule has 12 nitrogen and oxygen atoms in total. The van der Waals surface area contributed by atoms with E-state index in [9.17, 15) is 29.1 Å². The second kappa shape index (κ2) is 14.6. The van der Waals surface area contributed by atoms with Crippen molar-refractivity contribution in [3.8, 4) is 0 Å². The molecule has 0 aliphatic carbocycles. The van der Waals surface area contributed by atoms with Crippen LogP contribution >= 0.6 is 0 Å². The molecule has 0 saturated heterocycles. The van der Waals surface area contributed by atoms with Gasteiger partial charge in [-0.3, -0.25) is 19.2 Å². The van der Waals surface area contributed by atoms with Gasteiger partial charge in [0.15, 0.2) is 0 Å². The van der Waals surface area contributed by atoms with Crippen molar-refractivity contribution in [2.75, 3.05) is 6.54 Å². The molecule has 0 spiro atoms. The Labute approximate surface area is 198 Å². The van der Waals surface area contributed by atoms with Gasteiger partial charge < -0.3 is 38.3 Å². The van der Waals surface area contributed by atoms with Gasteiger partial charge in [0.2, 0.25) is 23.6 Å². The highest BCUT2D eigenvalue weighted by Crippen LogP contribution is 2.07. The summed E-state index contributed by atoms with van der Waals surface area (Å²) in [6.45, 7) is 1.84. The van der Waals surface area contributed by atoms with Crippen LogP contribution in [0.5, 0.6) is 0 Å². The molecule has 1 aromatic carbocycles. The summed E-state index contributed by atoms with van der Waals surface area (Å²) in [6, 6.07) is 4.37. The number of carbonyl (C=O) groups excluding carboxylic acids is 4. The topological polar surface area (TPSA) is 220 Å². The quantitative estimate of drug-likeness (QED) is 0.141. The Morgan fingerprint density at radius 2 is 1.44 bits per heavy atom. The van der Waals surface area contributed by atoms with Gasteiger partial charge in [-0.25, -0.2) is 4.79 Å². The molecule has 1 rings (SSSR count). The first-order valence-electron chi connectivity index (χ1n) is 11.0. The maximum atomic E-state index is 13.1. The fourth-order valence-corrected chi connectivity index (χ4v) is 3.07. The van der Waals surface area contributed by atoms with Crippen molar-refractivity contribution in [2.45, 2.75) is 63.2 Å². The largest absolute Gasteiger partial charge is 0.480 e. The number of hydrogen-bond donors (Lipinski definition) is 7. The maximum absolute atomic E-state index is 13.1. The molecule has 0 saturated carbocycles. The molecule has 4 atom stereocenters. The second-order valence-electron chi connectivity index (χ2n) is 7.96. The van der Waals surface area contributed by atoms with E-state index in [4.69, 9.17) is 17.2 Å². The molecule has 1 aromatic rings. The third-order valence-electron chi connectivity index (χ3n) is 4.93. The van der Waals surface area contributed by atoms with Crippen LogP contribution in [0.1, 0.15) is 38.2 Å². The highest BCUT2D eigenvalue weighted by Gasteiger charge is 2.30. The fraction of sp³-hybridized carbons (Fsp3) is 0.500. The van der Waals surface area contributed by atoms with Crippen LogP contribution in [0.4, 0.5) is 0 Å². The normalized spacial score (nSPS) is 14.2. The van der Waals surface area contributed by atoms with Crippen molar-refractivity contribution in [3.63, 3.8) is 0 Å². The lowest BCUT2D eigenvalue weighted by atomic mass is 10.0. The van der Waals surface area contributed by atoms with Gasteiger partial charge in [0.25, 0.3) is 0 Å². The summed E-state index contributed by atoms with van der Waals surface area (Å²) in [5.74, 6) is -4.33. The Kier molecular flexibility index (Phi) is 12.2. The minimum Gasteiger partial charge on any atom is -0.480 e. The molecule has 0 radical (unpaired) electrons. The van der Waals surface area contributed by atoms with Crippen LogP contribution in [0, 0.1) is 0 Å². The first-order valence-corrected chi connectivity index (χ1v) is 11.0. The van der Waals surface area contributed by atoms with Gasteiger partial charge in [-0.15, -0.1) is 0 Å². The summed E-state index contributed by atoms with van der Waals surface area (Å²) in [6.07, 6.45) is 0.737. The summed E-state index contributed by atoms with van der Waals surface area (Å²) in [5, 5.41) is 16.7. The number of unbranched alkanes of at least 4 members (excludes halogenated alkanes) is 1. The number of primary amides is 1. The number of rotatable bonds is 15. The monoisotopic (exact) mass is 478 g/mol. The van der Waals surface area contributed by atoms with Gasteiger partial charge in [-0.1, -0.05) is 30.3 Å². The van der Waals surface area contributed by atoms with Crippen LogP contribution in [0.15, 0.2) is 30.3 Å². The van der Waals surface area contributed by atoms with E-state index in [1.807, 2.05) is 6.07 Å². The number of nitrogens with two attached hydrogens (primary N) is 3. The summed E-state index contributed by atoms with van der Waals surface area (Å²) in [5.41, 5.74) is 17.0. The molecular formula is C22H34N6O6. The van der Waals surface area contributed by atoms with E-state index in [0.29, 0.717) is 19.4 Å². The lowest BCUT2D eigenvalue weighted by Gasteiger charge is -2.25. The van der Waals surface area contributed by atoms with Crippen LogP contribution < -0.4 is 33.2 Å². The minimum absolute atomic E-state index is 0.141. The Morgan fingerprint density at radius 1 is 0.882 bits per heavy atom. The predicted molar refractivity (Wildman–Crippen MR) is 124 cm³/mol. The van der Waals surface area contributed by atoms with E-state index in [2.05, 4.69) is 16.0 Å². The SMILES string of the molecule is CC(N)C(=O)NC(Cc1ccccc1)C(=O)NC(CCCCN)C(=O)NC(CC(N)=O)C(=O)O. The van der Waals surface area contributed by atoms with Crippen LogP contribution in [0.25, 0.3) is 0 Å². The van der Waals surface area contributed by atoms with Crippen LogP contribution in [0.3, 0.4) is 0 Å². The van der Waals surface area contributed by atoms with Gasteiger partial charge in [-0.2, -0.15) is 0 Å². The maximum Gasteiger partial charge on any atom is 0.326 e. The Bertz CT molecular complexity index is 848. The fourth-order valence-electron chi connectivity index (χ4n) is 3.07. The summed E-state index contributed by atoms with van der Waals surface area (Å²) >= 11 is 0. The van der Waals surface area contributed by atoms with Crippen LogP contribution in [-0.2, 0) is 30.4 Å². The third kappa shape index (κ3) is 10.4. The van der Waals surface area contributed by atoms with Crippen molar-refractivity contribution in [1.82, 2.24) is 16.0 Å². The van der Waals surface area contributed by atoms with E-state index < -0.39 is 60.2 Å². The number of carboxylic acid groups (broad SMARTS) is 1. The zero-order chi connectivity index (χ0) is 25.7. The zero-order valence-corrected chi connectivity index (χ0v) is 19.2. The third-order valence-corrected chi connectivity index (χ3v) is 4.93. The Hall–Kier alpha value is -3.51. The van der Waals surface area contributed by atoms with E-state index in [1.54, 1.807) is 24.3 Å². The van der Waals surface area contributed by atoms with E-state index >= 15 is 0 Å². The molecule has 34 heavy (non-hydrogen) atoms. The molecule has 0 aromatic heterocycles. The molecule has 10 N–H and O–H groups in total. The standard InChI is InChI=1S/C22H34N6O6/c1-13(24)19(30)27-16(11-14-7-3-2-4-8-14)21(32)26-15(9-5-6-10-23)20(31)28-17(22(33)34)12-18(25)29/h2-4,7-8,13,15-17H,5-6,9-12,23-24H2,1H3,(H2,25,29)(H,26,32)(H,27,30)(H,28,31)(H,33,34). The number of amides is 4. The smallest absolute Gasteiger partial charge is 0.326 e. The van der Waals surface area contributed by atoms with Crippen molar-refractivity contribution in [3.05, 3.63) is 35.9 Å². The number of aliphatic carboxylic acids is 1. The number of nitrogens with one attached hydrogen (secondary N) is 3. The van der Waals surface area contributed by atoms with Gasteiger partial charge in [0.1, 0.15) is 18.1 Å². The van der Waals surface area contributed by atoms with E-state index in [0.717, 1.165) is 5.56 Å². The molecule has 4 amide bonds. The summed E-state index contributed by atoms with van der Waals surface area (Å²) < 4.78 is 0. The molecule has 0 aliphatic rings. The van der Waals surface area contributed by atoms with E-state index in [-0.39, 0.29) is 12.8 Å². The summed E-state index contributed by atoms with van der Waals surface area (Å²) in [4.78, 5) is 60.6. The van der Waals surface area contributed by atoms with Crippen LogP contribution in [0.2, 0.25) is 0 Å². The molecule has 0 aliphatic heterocycles. The average Bonchev–Trinajstić information content (AvgIpc) is 2.77. The number of carbonyl (C=O) groups is 5. The average molecular weight is 479 g/mol.